The number of ether oxygens (including phenoxy) is 1. The van der Waals surface area contributed by atoms with Gasteiger partial charge in [-0.25, -0.2) is 8.42 Å². The first-order valence-corrected chi connectivity index (χ1v) is 8.63. The second-order valence-electron chi connectivity index (χ2n) is 5.54. The topological polar surface area (TPSA) is 58.6 Å². The van der Waals surface area contributed by atoms with Crippen LogP contribution in [0.3, 0.4) is 0 Å². The highest BCUT2D eigenvalue weighted by Crippen LogP contribution is 2.20. The lowest BCUT2D eigenvalue weighted by Gasteiger charge is -2.21. The molecule has 0 aliphatic carbocycles. The van der Waals surface area contributed by atoms with Crippen LogP contribution in [0.15, 0.2) is 29.2 Å². The van der Waals surface area contributed by atoms with E-state index in [0.717, 1.165) is 6.54 Å². The van der Waals surface area contributed by atoms with Gasteiger partial charge in [0.1, 0.15) is 12.4 Å². The minimum atomic E-state index is -3.43. The van der Waals surface area contributed by atoms with Gasteiger partial charge in [0.15, 0.2) is 0 Å². The summed E-state index contributed by atoms with van der Waals surface area (Å²) in [7, 11) is -1.84. The largest absolute Gasteiger partial charge is 0.492 e. The molecule has 0 saturated carbocycles. The third-order valence-electron chi connectivity index (χ3n) is 3.15. The van der Waals surface area contributed by atoms with Crippen molar-refractivity contribution in [2.45, 2.75) is 44.7 Å². The van der Waals surface area contributed by atoms with E-state index in [-0.39, 0.29) is 10.9 Å². The van der Waals surface area contributed by atoms with Crippen LogP contribution in [0.25, 0.3) is 0 Å². The fourth-order valence-corrected chi connectivity index (χ4v) is 3.04. The maximum atomic E-state index is 12.3. The smallest absolute Gasteiger partial charge is 0.243 e. The number of hydrogen-bond donors (Lipinski definition) is 1. The average Bonchev–Trinajstić information content (AvgIpc) is 2.43. The molecule has 0 atom stereocenters. The second kappa shape index (κ2) is 7.77. The predicted molar refractivity (Wildman–Crippen MR) is 85.2 cm³/mol. The third-order valence-corrected chi connectivity index (χ3v) is 5.20. The molecule has 0 radical (unpaired) electrons. The molecule has 5 nitrogen and oxygen atoms in total. The Morgan fingerprint density at radius 3 is 2.19 bits per heavy atom. The van der Waals surface area contributed by atoms with Crippen LogP contribution in [0.1, 0.15) is 27.7 Å². The van der Waals surface area contributed by atoms with E-state index in [4.69, 9.17) is 4.74 Å². The molecule has 1 aromatic carbocycles. The van der Waals surface area contributed by atoms with Gasteiger partial charge in [0.05, 0.1) is 4.90 Å². The van der Waals surface area contributed by atoms with E-state index >= 15 is 0 Å². The molecule has 0 aliphatic rings. The summed E-state index contributed by atoms with van der Waals surface area (Å²) in [5.74, 6) is 0.673. The van der Waals surface area contributed by atoms with Crippen LogP contribution >= 0.6 is 0 Å². The van der Waals surface area contributed by atoms with E-state index < -0.39 is 10.0 Å². The summed E-state index contributed by atoms with van der Waals surface area (Å²) in [5, 5.41) is 3.25. The zero-order valence-electron chi connectivity index (χ0n) is 13.5. The van der Waals surface area contributed by atoms with Gasteiger partial charge in [-0.3, -0.25) is 0 Å². The number of benzene rings is 1. The molecule has 120 valence electrons. The number of sulfonamides is 1. The van der Waals surface area contributed by atoms with Gasteiger partial charge in [0, 0.05) is 25.7 Å². The lowest BCUT2D eigenvalue weighted by Crippen LogP contribution is -2.33. The quantitative estimate of drug-likeness (QED) is 0.747. The summed E-state index contributed by atoms with van der Waals surface area (Å²) in [6, 6.07) is 6.90. The predicted octanol–water partition coefficient (Wildman–Crippen LogP) is 2.09. The number of hydrogen-bond acceptors (Lipinski definition) is 4. The molecule has 0 aromatic heterocycles. The third kappa shape index (κ3) is 5.30. The molecule has 0 heterocycles. The van der Waals surface area contributed by atoms with Crippen molar-refractivity contribution in [2.75, 3.05) is 20.2 Å². The first-order chi connectivity index (χ1) is 9.75. The van der Waals surface area contributed by atoms with Crippen molar-refractivity contribution in [3.05, 3.63) is 24.3 Å². The van der Waals surface area contributed by atoms with Gasteiger partial charge < -0.3 is 10.1 Å². The number of rotatable bonds is 8. The highest BCUT2D eigenvalue weighted by molar-refractivity contribution is 7.89. The van der Waals surface area contributed by atoms with Crippen molar-refractivity contribution < 1.29 is 13.2 Å². The normalized spacial score (nSPS) is 12.4. The maximum absolute atomic E-state index is 12.3. The summed E-state index contributed by atoms with van der Waals surface area (Å²) >= 11 is 0. The van der Waals surface area contributed by atoms with Gasteiger partial charge in [0.25, 0.3) is 0 Å². The van der Waals surface area contributed by atoms with E-state index in [1.54, 1.807) is 31.3 Å². The first-order valence-electron chi connectivity index (χ1n) is 7.19. The monoisotopic (exact) mass is 314 g/mol. The fraction of sp³-hybridized carbons (Fsp3) is 0.600. The highest BCUT2D eigenvalue weighted by atomic mass is 32.2. The second-order valence-corrected chi connectivity index (χ2v) is 7.54. The Balaban J connectivity index is 2.66. The molecular weight excluding hydrogens is 288 g/mol. The van der Waals surface area contributed by atoms with E-state index in [0.29, 0.717) is 18.4 Å². The van der Waals surface area contributed by atoms with E-state index in [1.807, 2.05) is 13.8 Å². The molecule has 0 unspecified atom stereocenters. The first kappa shape index (κ1) is 17.9. The summed E-state index contributed by atoms with van der Waals surface area (Å²) < 4.78 is 31.5. The zero-order chi connectivity index (χ0) is 16.0. The molecule has 0 aliphatic heterocycles. The molecule has 6 heteroatoms. The van der Waals surface area contributed by atoms with Crippen LogP contribution in [0.4, 0.5) is 0 Å². The Kier molecular flexibility index (Phi) is 6.64. The van der Waals surface area contributed by atoms with Crippen molar-refractivity contribution in [2.24, 2.45) is 0 Å². The van der Waals surface area contributed by atoms with Gasteiger partial charge >= 0.3 is 0 Å². The SMILES string of the molecule is CC(C)NCCOc1ccc(S(=O)(=O)N(C)C(C)C)cc1. The molecule has 0 spiro atoms. The number of nitrogens with zero attached hydrogens (tertiary/aromatic N) is 1. The lowest BCUT2D eigenvalue weighted by molar-refractivity contribution is 0.308. The van der Waals surface area contributed by atoms with Gasteiger partial charge in [-0.1, -0.05) is 13.8 Å². The summed E-state index contributed by atoms with van der Waals surface area (Å²) in [4.78, 5) is 0.284. The molecule has 0 bridgehead atoms. The van der Waals surface area contributed by atoms with Gasteiger partial charge in [-0.05, 0) is 38.1 Å². The van der Waals surface area contributed by atoms with Crippen LogP contribution in [-0.2, 0) is 10.0 Å². The lowest BCUT2D eigenvalue weighted by atomic mass is 10.3. The van der Waals surface area contributed by atoms with Gasteiger partial charge in [-0.15, -0.1) is 0 Å². The van der Waals surface area contributed by atoms with Crippen LogP contribution in [-0.4, -0.2) is 45.0 Å². The van der Waals surface area contributed by atoms with E-state index in [2.05, 4.69) is 19.2 Å². The summed E-state index contributed by atoms with van der Waals surface area (Å²) in [6.45, 7) is 9.15. The van der Waals surface area contributed by atoms with Gasteiger partial charge in [-0.2, -0.15) is 4.31 Å². The Hall–Kier alpha value is -1.11. The fourth-order valence-electron chi connectivity index (χ4n) is 1.67. The summed E-state index contributed by atoms with van der Waals surface area (Å²) in [6.07, 6.45) is 0. The Morgan fingerprint density at radius 1 is 1.14 bits per heavy atom. The van der Waals surface area contributed by atoms with E-state index in [1.165, 1.54) is 4.31 Å². The van der Waals surface area contributed by atoms with Crippen molar-refractivity contribution in [1.29, 1.82) is 0 Å². The molecule has 1 N–H and O–H groups in total. The van der Waals surface area contributed by atoms with Crippen molar-refractivity contribution in [3.63, 3.8) is 0 Å². The molecule has 21 heavy (non-hydrogen) atoms. The standard InChI is InChI=1S/C15H26N2O3S/c1-12(2)16-10-11-20-14-6-8-15(9-7-14)21(18,19)17(5)13(3)4/h6-9,12-13,16H,10-11H2,1-5H3. The van der Waals surface area contributed by atoms with Gasteiger partial charge in [0.2, 0.25) is 10.0 Å². The zero-order valence-corrected chi connectivity index (χ0v) is 14.3. The Labute approximate surface area is 128 Å². The molecule has 1 aromatic rings. The average molecular weight is 314 g/mol. The van der Waals surface area contributed by atoms with Crippen molar-refractivity contribution in [3.8, 4) is 5.75 Å². The Bertz CT molecular complexity index is 524. The molecule has 0 amide bonds. The molecular formula is C15H26N2O3S. The van der Waals surface area contributed by atoms with Crippen molar-refractivity contribution in [1.82, 2.24) is 9.62 Å². The van der Waals surface area contributed by atoms with E-state index in [9.17, 15) is 8.42 Å². The van der Waals surface area contributed by atoms with Crippen LogP contribution in [0, 0.1) is 0 Å². The minimum absolute atomic E-state index is 0.0759. The van der Waals surface area contributed by atoms with Crippen LogP contribution in [0.5, 0.6) is 5.75 Å². The molecule has 0 saturated heterocycles. The summed E-state index contributed by atoms with van der Waals surface area (Å²) in [5.41, 5.74) is 0. The minimum Gasteiger partial charge on any atom is -0.492 e. The molecule has 1 rings (SSSR count). The maximum Gasteiger partial charge on any atom is 0.243 e. The van der Waals surface area contributed by atoms with Crippen LogP contribution in [0.2, 0.25) is 0 Å². The number of nitrogens with one attached hydrogen (secondary N) is 1. The Morgan fingerprint density at radius 2 is 1.71 bits per heavy atom. The van der Waals surface area contributed by atoms with Crippen molar-refractivity contribution >= 4 is 10.0 Å². The highest BCUT2D eigenvalue weighted by Gasteiger charge is 2.22. The van der Waals surface area contributed by atoms with Crippen LogP contribution < -0.4 is 10.1 Å². The molecule has 0 fully saturated rings.